The molecule has 0 aliphatic rings. The predicted molar refractivity (Wildman–Crippen MR) is 69.1 cm³/mol. The number of fused-ring (bicyclic) bond motifs is 1. The quantitative estimate of drug-likeness (QED) is 0.900. The van der Waals surface area contributed by atoms with Crippen molar-refractivity contribution in [2.24, 2.45) is 0 Å². The van der Waals surface area contributed by atoms with Crippen molar-refractivity contribution in [1.82, 2.24) is 14.9 Å². The molecule has 2 rings (SSSR count). The van der Waals surface area contributed by atoms with Crippen molar-refractivity contribution in [3.05, 3.63) is 17.3 Å². The Bertz CT molecular complexity index is 547. The van der Waals surface area contributed by atoms with Crippen LogP contribution in [-0.4, -0.2) is 33.9 Å². The number of nitrogens with zero attached hydrogens (tertiary/aromatic N) is 3. The Labute approximate surface area is 103 Å². The van der Waals surface area contributed by atoms with E-state index in [1.54, 1.807) is 17.3 Å². The third kappa shape index (κ3) is 1.95. The SMILES string of the molecule is CCN(CC)C(=O)c1sc2nccnc2c1N. The highest BCUT2D eigenvalue weighted by Gasteiger charge is 2.21. The van der Waals surface area contributed by atoms with Crippen LogP contribution in [-0.2, 0) is 0 Å². The minimum atomic E-state index is -0.0442. The first-order valence-corrected chi connectivity index (χ1v) is 6.28. The predicted octanol–water partition coefficient (Wildman–Crippen LogP) is 1.76. The molecule has 2 aromatic heterocycles. The smallest absolute Gasteiger partial charge is 0.266 e. The zero-order valence-electron chi connectivity index (χ0n) is 9.80. The molecule has 0 spiro atoms. The number of anilines is 1. The molecule has 0 aromatic carbocycles. The van der Waals surface area contributed by atoms with Gasteiger partial charge in [-0.1, -0.05) is 0 Å². The number of hydrogen-bond donors (Lipinski definition) is 1. The van der Waals surface area contributed by atoms with E-state index in [1.165, 1.54) is 11.3 Å². The van der Waals surface area contributed by atoms with Crippen LogP contribution in [0.3, 0.4) is 0 Å². The molecule has 0 saturated heterocycles. The largest absolute Gasteiger partial charge is 0.396 e. The number of nitrogen functional groups attached to an aromatic ring is 1. The Balaban J connectivity index is 2.49. The first-order chi connectivity index (χ1) is 8.19. The first-order valence-electron chi connectivity index (χ1n) is 5.47. The molecule has 0 aliphatic heterocycles. The summed E-state index contributed by atoms with van der Waals surface area (Å²) in [5, 5.41) is 0. The average Bonchev–Trinajstić information content (AvgIpc) is 2.69. The molecule has 6 heteroatoms. The van der Waals surface area contributed by atoms with Gasteiger partial charge in [0.15, 0.2) is 0 Å². The van der Waals surface area contributed by atoms with Crippen molar-refractivity contribution in [2.45, 2.75) is 13.8 Å². The fourth-order valence-electron chi connectivity index (χ4n) is 1.66. The van der Waals surface area contributed by atoms with Gasteiger partial charge in [-0.15, -0.1) is 11.3 Å². The normalized spacial score (nSPS) is 10.7. The monoisotopic (exact) mass is 250 g/mol. The van der Waals surface area contributed by atoms with E-state index in [-0.39, 0.29) is 5.91 Å². The lowest BCUT2D eigenvalue weighted by Gasteiger charge is -2.17. The van der Waals surface area contributed by atoms with Gasteiger partial charge in [0, 0.05) is 25.5 Å². The summed E-state index contributed by atoms with van der Waals surface area (Å²) in [5.41, 5.74) is 7.01. The van der Waals surface area contributed by atoms with Crippen molar-refractivity contribution < 1.29 is 4.79 Å². The van der Waals surface area contributed by atoms with Crippen LogP contribution < -0.4 is 5.73 Å². The number of carbonyl (C=O) groups excluding carboxylic acids is 1. The highest BCUT2D eigenvalue weighted by atomic mass is 32.1. The summed E-state index contributed by atoms with van der Waals surface area (Å²) in [7, 11) is 0. The van der Waals surface area contributed by atoms with Gasteiger partial charge < -0.3 is 10.6 Å². The Morgan fingerprint density at radius 2 is 2.00 bits per heavy atom. The second kappa shape index (κ2) is 4.67. The molecule has 2 N–H and O–H groups in total. The maximum Gasteiger partial charge on any atom is 0.266 e. The van der Waals surface area contributed by atoms with Gasteiger partial charge >= 0.3 is 0 Å². The van der Waals surface area contributed by atoms with Crippen molar-refractivity contribution >= 4 is 33.3 Å². The fraction of sp³-hybridized carbons (Fsp3) is 0.364. The van der Waals surface area contributed by atoms with Gasteiger partial charge in [-0.25, -0.2) is 9.97 Å². The van der Waals surface area contributed by atoms with E-state index < -0.39 is 0 Å². The summed E-state index contributed by atoms with van der Waals surface area (Å²) < 4.78 is 0. The van der Waals surface area contributed by atoms with Crippen LogP contribution >= 0.6 is 11.3 Å². The molecule has 5 nitrogen and oxygen atoms in total. The minimum Gasteiger partial charge on any atom is -0.396 e. The van der Waals surface area contributed by atoms with Crippen molar-refractivity contribution in [3.8, 4) is 0 Å². The molecule has 2 aromatic rings. The molecule has 0 unspecified atom stereocenters. The Morgan fingerprint density at radius 1 is 1.35 bits per heavy atom. The van der Waals surface area contributed by atoms with E-state index in [9.17, 15) is 4.79 Å². The minimum absolute atomic E-state index is 0.0442. The molecule has 90 valence electrons. The molecule has 0 radical (unpaired) electrons. The number of amides is 1. The lowest BCUT2D eigenvalue weighted by atomic mass is 10.3. The summed E-state index contributed by atoms with van der Waals surface area (Å²) >= 11 is 1.30. The van der Waals surface area contributed by atoms with Crippen LogP contribution in [0.15, 0.2) is 12.4 Å². The van der Waals surface area contributed by atoms with Gasteiger partial charge in [0.1, 0.15) is 15.2 Å². The Kier molecular flexibility index (Phi) is 3.23. The molecular weight excluding hydrogens is 236 g/mol. The van der Waals surface area contributed by atoms with Crippen molar-refractivity contribution in [2.75, 3.05) is 18.8 Å². The van der Waals surface area contributed by atoms with E-state index in [0.717, 1.165) is 0 Å². The van der Waals surface area contributed by atoms with E-state index in [2.05, 4.69) is 9.97 Å². The third-order valence-corrected chi connectivity index (χ3v) is 3.70. The maximum atomic E-state index is 12.2. The third-order valence-electron chi connectivity index (χ3n) is 2.61. The molecule has 0 saturated carbocycles. The highest BCUT2D eigenvalue weighted by Crippen LogP contribution is 2.31. The number of nitrogens with two attached hydrogens (primary N) is 1. The lowest BCUT2D eigenvalue weighted by Crippen LogP contribution is -2.30. The zero-order chi connectivity index (χ0) is 12.4. The first kappa shape index (κ1) is 11.8. The van der Waals surface area contributed by atoms with Gasteiger partial charge in [-0.05, 0) is 13.8 Å². The van der Waals surface area contributed by atoms with Gasteiger partial charge in [0.2, 0.25) is 0 Å². The molecule has 0 aliphatic carbocycles. The highest BCUT2D eigenvalue weighted by molar-refractivity contribution is 7.21. The van der Waals surface area contributed by atoms with Gasteiger partial charge in [0.25, 0.3) is 5.91 Å². The standard InChI is InChI=1S/C11H14N4OS/c1-3-15(4-2)11(16)9-7(12)8-10(17-9)14-6-5-13-8/h5-6H,3-4,12H2,1-2H3. The number of carbonyl (C=O) groups is 1. The average molecular weight is 250 g/mol. The van der Waals surface area contributed by atoms with Gasteiger partial charge in [-0.3, -0.25) is 4.79 Å². The van der Waals surface area contributed by atoms with E-state index in [4.69, 9.17) is 5.73 Å². The van der Waals surface area contributed by atoms with E-state index >= 15 is 0 Å². The van der Waals surface area contributed by atoms with Crippen LogP contribution in [0.25, 0.3) is 10.3 Å². The molecule has 0 bridgehead atoms. The summed E-state index contributed by atoms with van der Waals surface area (Å²) in [6, 6.07) is 0. The van der Waals surface area contributed by atoms with E-state index in [0.29, 0.717) is 34.0 Å². The number of aromatic nitrogens is 2. The maximum absolute atomic E-state index is 12.2. The van der Waals surface area contributed by atoms with E-state index in [1.807, 2.05) is 13.8 Å². The number of hydrogen-bond acceptors (Lipinski definition) is 5. The molecule has 1 amide bonds. The van der Waals surface area contributed by atoms with Crippen LogP contribution in [0.4, 0.5) is 5.69 Å². The molecule has 0 atom stereocenters. The summed E-state index contributed by atoms with van der Waals surface area (Å²) in [6.45, 7) is 5.23. The summed E-state index contributed by atoms with van der Waals surface area (Å²) in [6.07, 6.45) is 3.18. The Morgan fingerprint density at radius 3 is 2.59 bits per heavy atom. The topological polar surface area (TPSA) is 72.1 Å². The van der Waals surface area contributed by atoms with Gasteiger partial charge in [-0.2, -0.15) is 0 Å². The molecular formula is C11H14N4OS. The van der Waals surface area contributed by atoms with Crippen LogP contribution in [0.2, 0.25) is 0 Å². The second-order valence-electron chi connectivity index (χ2n) is 3.53. The number of thiophene rings is 1. The van der Waals surface area contributed by atoms with Crippen LogP contribution in [0.1, 0.15) is 23.5 Å². The molecule has 17 heavy (non-hydrogen) atoms. The second-order valence-corrected chi connectivity index (χ2v) is 4.53. The molecule has 0 fully saturated rings. The van der Waals surface area contributed by atoms with Gasteiger partial charge in [0.05, 0.1) is 5.69 Å². The molecule has 2 heterocycles. The Hall–Kier alpha value is -1.69. The number of rotatable bonds is 3. The summed E-state index contributed by atoms with van der Waals surface area (Å²) in [4.78, 5) is 23.5. The zero-order valence-corrected chi connectivity index (χ0v) is 10.6. The van der Waals surface area contributed by atoms with Crippen molar-refractivity contribution in [3.63, 3.8) is 0 Å². The van der Waals surface area contributed by atoms with Crippen molar-refractivity contribution in [1.29, 1.82) is 0 Å². The summed E-state index contributed by atoms with van der Waals surface area (Å²) in [5.74, 6) is -0.0442. The lowest BCUT2D eigenvalue weighted by molar-refractivity contribution is 0.0779. The fourth-order valence-corrected chi connectivity index (χ4v) is 2.65. The van der Waals surface area contributed by atoms with Crippen LogP contribution in [0.5, 0.6) is 0 Å². The van der Waals surface area contributed by atoms with Crippen LogP contribution in [0, 0.1) is 0 Å².